The number of hydrogen-bond acceptors (Lipinski definition) is 2. The number of likely N-dealkylation sites (tertiary alicyclic amines) is 1. The second kappa shape index (κ2) is 5.90. The molecule has 100 valence electrons. The van der Waals surface area contributed by atoms with E-state index in [9.17, 15) is 9.90 Å². The average molecular weight is 257 g/mol. The summed E-state index contributed by atoms with van der Waals surface area (Å²) in [6.45, 7) is 3.13. The highest BCUT2D eigenvalue weighted by atomic mass is 16.4. The SMILES string of the molecule is CC1(C(=O)O)CCCCN1CC#Cc1ccccc1. The van der Waals surface area contributed by atoms with Crippen LogP contribution in [0.1, 0.15) is 31.7 Å². The van der Waals surface area contributed by atoms with E-state index in [1.165, 1.54) is 0 Å². The van der Waals surface area contributed by atoms with Crippen LogP contribution >= 0.6 is 0 Å². The highest BCUT2D eigenvalue weighted by Crippen LogP contribution is 2.27. The van der Waals surface area contributed by atoms with Crippen LogP contribution in [0.3, 0.4) is 0 Å². The first kappa shape index (κ1) is 13.6. The number of carboxylic acids is 1. The number of hydrogen-bond donors (Lipinski definition) is 1. The Balaban J connectivity index is 2.05. The van der Waals surface area contributed by atoms with Crippen molar-refractivity contribution in [3.63, 3.8) is 0 Å². The second-order valence-electron chi connectivity index (χ2n) is 5.13. The maximum Gasteiger partial charge on any atom is 0.323 e. The summed E-state index contributed by atoms with van der Waals surface area (Å²) >= 11 is 0. The largest absolute Gasteiger partial charge is 0.480 e. The van der Waals surface area contributed by atoms with Crippen molar-refractivity contribution < 1.29 is 9.90 Å². The van der Waals surface area contributed by atoms with Crippen molar-refractivity contribution in [3.05, 3.63) is 35.9 Å². The van der Waals surface area contributed by atoms with Gasteiger partial charge in [-0.1, -0.05) is 30.0 Å². The summed E-state index contributed by atoms with van der Waals surface area (Å²) in [5.74, 6) is 5.44. The molecule has 19 heavy (non-hydrogen) atoms. The average Bonchev–Trinajstić information content (AvgIpc) is 2.42. The lowest BCUT2D eigenvalue weighted by Gasteiger charge is -2.40. The van der Waals surface area contributed by atoms with Crippen molar-refractivity contribution in [2.24, 2.45) is 0 Å². The van der Waals surface area contributed by atoms with Crippen LogP contribution in [-0.4, -0.2) is 34.6 Å². The van der Waals surface area contributed by atoms with Crippen molar-refractivity contribution in [2.75, 3.05) is 13.1 Å². The van der Waals surface area contributed by atoms with Gasteiger partial charge in [0.05, 0.1) is 6.54 Å². The molecule has 0 radical (unpaired) electrons. The number of rotatable bonds is 2. The van der Waals surface area contributed by atoms with Gasteiger partial charge < -0.3 is 5.11 Å². The summed E-state index contributed by atoms with van der Waals surface area (Å²) in [5, 5.41) is 9.39. The molecule has 0 spiro atoms. The van der Waals surface area contributed by atoms with Gasteiger partial charge in [-0.15, -0.1) is 0 Å². The summed E-state index contributed by atoms with van der Waals surface area (Å²) in [6.07, 6.45) is 2.73. The minimum absolute atomic E-state index is 0.512. The Kier molecular flexibility index (Phi) is 4.24. The normalized spacial score (nSPS) is 23.4. The van der Waals surface area contributed by atoms with Crippen molar-refractivity contribution in [1.29, 1.82) is 0 Å². The molecule has 1 saturated heterocycles. The number of carboxylic acid groups (broad SMARTS) is 1. The molecule has 1 aliphatic rings. The second-order valence-corrected chi connectivity index (χ2v) is 5.13. The van der Waals surface area contributed by atoms with E-state index in [1.54, 1.807) is 6.92 Å². The molecule has 2 rings (SSSR count). The number of carbonyl (C=O) groups is 1. The van der Waals surface area contributed by atoms with E-state index in [0.29, 0.717) is 13.0 Å². The van der Waals surface area contributed by atoms with Crippen LogP contribution in [-0.2, 0) is 4.79 Å². The zero-order valence-electron chi connectivity index (χ0n) is 11.2. The molecule has 1 aromatic rings. The fraction of sp³-hybridized carbons (Fsp3) is 0.438. The summed E-state index contributed by atoms with van der Waals surface area (Å²) in [5.41, 5.74) is 0.209. The summed E-state index contributed by atoms with van der Waals surface area (Å²) in [4.78, 5) is 13.4. The van der Waals surface area contributed by atoms with E-state index in [2.05, 4.69) is 11.8 Å². The first-order valence-electron chi connectivity index (χ1n) is 6.65. The van der Waals surface area contributed by atoms with Crippen LogP contribution in [0.4, 0.5) is 0 Å². The van der Waals surface area contributed by atoms with E-state index in [0.717, 1.165) is 24.9 Å². The summed E-state index contributed by atoms with van der Waals surface area (Å²) in [7, 11) is 0. The molecule has 3 heteroatoms. The molecular formula is C16H19NO2. The van der Waals surface area contributed by atoms with Crippen LogP contribution in [0.2, 0.25) is 0 Å². The van der Waals surface area contributed by atoms with Crippen LogP contribution in [0.5, 0.6) is 0 Å². The Morgan fingerprint density at radius 2 is 2.11 bits per heavy atom. The predicted molar refractivity (Wildman–Crippen MR) is 74.8 cm³/mol. The molecule has 0 bridgehead atoms. The van der Waals surface area contributed by atoms with Gasteiger partial charge in [-0.3, -0.25) is 9.69 Å². The molecule has 1 N–H and O–H groups in total. The van der Waals surface area contributed by atoms with Gasteiger partial charge in [-0.2, -0.15) is 0 Å². The smallest absolute Gasteiger partial charge is 0.323 e. The summed E-state index contributed by atoms with van der Waals surface area (Å²) < 4.78 is 0. The molecule has 1 heterocycles. The molecule has 1 unspecified atom stereocenters. The maximum atomic E-state index is 11.4. The highest BCUT2D eigenvalue weighted by Gasteiger charge is 2.40. The molecule has 0 amide bonds. The maximum absolute atomic E-state index is 11.4. The van der Waals surface area contributed by atoms with Crippen molar-refractivity contribution >= 4 is 5.97 Å². The van der Waals surface area contributed by atoms with Gasteiger partial charge in [-0.05, 0) is 38.3 Å². The molecule has 0 saturated carbocycles. The number of benzene rings is 1. The van der Waals surface area contributed by atoms with Gasteiger partial charge in [0.1, 0.15) is 5.54 Å². The molecule has 1 aromatic carbocycles. The zero-order chi connectivity index (χ0) is 13.7. The van der Waals surface area contributed by atoms with Gasteiger partial charge in [-0.25, -0.2) is 0 Å². The molecule has 0 aromatic heterocycles. The van der Waals surface area contributed by atoms with Crippen molar-refractivity contribution in [3.8, 4) is 11.8 Å². The minimum atomic E-state index is -0.760. The Morgan fingerprint density at radius 3 is 2.79 bits per heavy atom. The molecule has 0 aliphatic carbocycles. The fourth-order valence-corrected chi connectivity index (χ4v) is 2.43. The molecule has 3 nitrogen and oxygen atoms in total. The predicted octanol–water partition coefficient (Wildman–Crippen LogP) is 2.37. The lowest BCUT2D eigenvalue weighted by molar-refractivity contribution is -0.152. The first-order chi connectivity index (χ1) is 9.13. The number of piperidine rings is 1. The van der Waals surface area contributed by atoms with Gasteiger partial charge in [0.15, 0.2) is 0 Å². The van der Waals surface area contributed by atoms with Crippen molar-refractivity contribution in [1.82, 2.24) is 4.90 Å². The third-order valence-electron chi connectivity index (χ3n) is 3.78. The molecule has 1 fully saturated rings. The fourth-order valence-electron chi connectivity index (χ4n) is 2.43. The molecular weight excluding hydrogens is 238 g/mol. The number of aliphatic carboxylic acids is 1. The lowest BCUT2D eigenvalue weighted by atomic mass is 9.88. The van der Waals surface area contributed by atoms with E-state index in [1.807, 2.05) is 35.2 Å². The number of nitrogens with zero attached hydrogens (tertiary/aromatic N) is 1. The third-order valence-corrected chi connectivity index (χ3v) is 3.78. The Morgan fingerprint density at radius 1 is 1.37 bits per heavy atom. The van der Waals surface area contributed by atoms with E-state index in [-0.39, 0.29) is 0 Å². The Hall–Kier alpha value is -1.79. The Labute approximate surface area is 114 Å². The van der Waals surface area contributed by atoms with Crippen LogP contribution in [0.25, 0.3) is 0 Å². The molecule has 1 aliphatic heterocycles. The van der Waals surface area contributed by atoms with Crippen LogP contribution in [0.15, 0.2) is 30.3 Å². The van der Waals surface area contributed by atoms with Crippen LogP contribution in [0, 0.1) is 11.8 Å². The van der Waals surface area contributed by atoms with E-state index >= 15 is 0 Å². The van der Waals surface area contributed by atoms with Gasteiger partial charge in [0.2, 0.25) is 0 Å². The monoisotopic (exact) mass is 257 g/mol. The minimum Gasteiger partial charge on any atom is -0.480 e. The van der Waals surface area contributed by atoms with Gasteiger partial charge in [0.25, 0.3) is 0 Å². The zero-order valence-corrected chi connectivity index (χ0v) is 11.2. The van der Waals surface area contributed by atoms with Crippen molar-refractivity contribution in [2.45, 2.75) is 31.7 Å². The summed E-state index contributed by atoms with van der Waals surface area (Å²) in [6, 6.07) is 9.77. The Bertz CT molecular complexity index is 500. The topological polar surface area (TPSA) is 40.5 Å². The lowest BCUT2D eigenvalue weighted by Crippen LogP contribution is -2.55. The third kappa shape index (κ3) is 3.15. The standard InChI is InChI=1S/C16H19NO2/c1-16(15(18)19)11-5-6-12-17(16)13-7-10-14-8-3-2-4-9-14/h2-4,8-9H,5-6,11-13H2,1H3,(H,18,19). The molecule has 1 atom stereocenters. The quantitative estimate of drug-likeness (QED) is 0.827. The highest BCUT2D eigenvalue weighted by molar-refractivity contribution is 5.78. The van der Waals surface area contributed by atoms with E-state index < -0.39 is 11.5 Å². The first-order valence-corrected chi connectivity index (χ1v) is 6.65. The van der Waals surface area contributed by atoms with Gasteiger partial charge in [0, 0.05) is 12.1 Å². The van der Waals surface area contributed by atoms with Gasteiger partial charge >= 0.3 is 5.97 Å². The van der Waals surface area contributed by atoms with E-state index in [4.69, 9.17) is 0 Å². The van der Waals surface area contributed by atoms with Crippen LogP contribution < -0.4 is 0 Å².